The van der Waals surface area contributed by atoms with Gasteiger partial charge in [0.2, 0.25) is 0 Å². The number of carbonyl (C=O) groups is 1. The molecule has 2 aliphatic rings. The van der Waals surface area contributed by atoms with E-state index in [1.165, 1.54) is 11.8 Å². The summed E-state index contributed by atoms with van der Waals surface area (Å²) in [6.45, 7) is 3.57. The van der Waals surface area contributed by atoms with E-state index in [2.05, 4.69) is 31.1 Å². The summed E-state index contributed by atoms with van der Waals surface area (Å²) in [5.41, 5.74) is 0.857. The van der Waals surface area contributed by atoms with Crippen molar-refractivity contribution in [3.63, 3.8) is 0 Å². The van der Waals surface area contributed by atoms with Gasteiger partial charge < -0.3 is 15.3 Å². The van der Waals surface area contributed by atoms with Crippen molar-refractivity contribution in [1.29, 1.82) is 0 Å². The maximum absolute atomic E-state index is 11.2. The van der Waals surface area contributed by atoms with Gasteiger partial charge in [0.1, 0.15) is 14.8 Å². The first kappa shape index (κ1) is 22.9. The van der Waals surface area contributed by atoms with E-state index in [1.807, 2.05) is 6.92 Å². The highest BCUT2D eigenvalue weighted by molar-refractivity contribution is 9.10. The number of halogens is 3. The highest BCUT2D eigenvalue weighted by Crippen LogP contribution is 2.47. The molecule has 31 heavy (non-hydrogen) atoms. The molecule has 0 aromatic carbocycles. The van der Waals surface area contributed by atoms with Crippen molar-refractivity contribution in [1.82, 2.24) is 20.3 Å². The average Bonchev–Trinajstić information content (AvgIpc) is 3.09. The number of rotatable bonds is 4. The number of aryl methyl sites for hydroxylation is 1. The topological polar surface area (TPSA) is 91.2 Å². The molecular weight excluding hydrogens is 525 g/mol. The highest BCUT2D eigenvalue weighted by Gasteiger charge is 2.45. The van der Waals surface area contributed by atoms with Gasteiger partial charge in [-0.1, -0.05) is 41.4 Å². The lowest BCUT2D eigenvalue weighted by Gasteiger charge is -2.43. The lowest BCUT2D eigenvalue weighted by atomic mass is 9.74. The van der Waals surface area contributed by atoms with Gasteiger partial charge in [0.25, 0.3) is 0 Å². The number of aromatic nitrogens is 3. The number of pyridine rings is 1. The Hall–Kier alpha value is -1.29. The molecule has 2 fully saturated rings. The Morgan fingerprint density at radius 2 is 2.06 bits per heavy atom. The molecule has 1 aliphatic heterocycles. The average molecular weight is 547 g/mol. The number of carboxylic acid groups (broad SMARTS) is 1. The van der Waals surface area contributed by atoms with Crippen LogP contribution in [-0.4, -0.2) is 45.3 Å². The van der Waals surface area contributed by atoms with Gasteiger partial charge in [-0.2, -0.15) is 0 Å². The summed E-state index contributed by atoms with van der Waals surface area (Å²) in [4.78, 5) is 27.7. The zero-order valence-corrected chi connectivity index (χ0v) is 20.8. The van der Waals surface area contributed by atoms with E-state index in [0.717, 1.165) is 66.6 Å². The first-order valence-corrected chi connectivity index (χ1v) is 12.4. The third-order valence-electron chi connectivity index (χ3n) is 6.25. The quantitative estimate of drug-likeness (QED) is 0.467. The molecule has 0 bridgehead atoms. The fourth-order valence-corrected chi connectivity index (χ4v) is 6.56. The van der Waals surface area contributed by atoms with Gasteiger partial charge in [-0.3, -0.25) is 0 Å². The molecule has 1 atom stereocenters. The fraction of sp³-hybridized carbons (Fsp3) is 0.500. The van der Waals surface area contributed by atoms with Crippen LogP contribution in [0.1, 0.15) is 37.8 Å². The zero-order chi connectivity index (χ0) is 22.2. The van der Waals surface area contributed by atoms with Crippen molar-refractivity contribution >= 4 is 62.8 Å². The molecule has 0 radical (unpaired) electrons. The van der Waals surface area contributed by atoms with Crippen LogP contribution in [0.5, 0.6) is 0 Å². The Morgan fingerprint density at radius 3 is 2.77 bits per heavy atom. The minimum atomic E-state index is -0.929. The van der Waals surface area contributed by atoms with E-state index < -0.39 is 6.09 Å². The molecule has 1 saturated carbocycles. The van der Waals surface area contributed by atoms with Crippen molar-refractivity contribution in [2.24, 2.45) is 5.41 Å². The second-order valence-electron chi connectivity index (χ2n) is 7.99. The van der Waals surface area contributed by atoms with Crippen LogP contribution in [0.25, 0.3) is 0 Å². The first-order valence-electron chi connectivity index (χ1n) is 10.1. The molecule has 1 saturated heterocycles. The zero-order valence-electron chi connectivity index (χ0n) is 16.9. The van der Waals surface area contributed by atoms with Crippen molar-refractivity contribution in [3.05, 3.63) is 32.7 Å². The smallest absolute Gasteiger partial charge is 0.404 e. The molecule has 2 aromatic rings. The van der Waals surface area contributed by atoms with Gasteiger partial charge in [-0.05, 0) is 60.0 Å². The van der Waals surface area contributed by atoms with E-state index >= 15 is 0 Å². The molecule has 166 valence electrons. The molecule has 1 aliphatic carbocycles. The third-order valence-corrected chi connectivity index (χ3v) is 8.80. The number of amides is 1. The molecule has 11 heteroatoms. The Kier molecular flexibility index (Phi) is 6.86. The van der Waals surface area contributed by atoms with Gasteiger partial charge in [0.05, 0.1) is 10.7 Å². The number of anilines is 1. The minimum absolute atomic E-state index is 0.0409. The molecule has 7 nitrogen and oxygen atoms in total. The van der Waals surface area contributed by atoms with Crippen LogP contribution >= 0.6 is 50.9 Å². The lowest BCUT2D eigenvalue weighted by molar-refractivity contribution is 0.149. The summed E-state index contributed by atoms with van der Waals surface area (Å²) in [6.07, 6.45) is 5.62. The van der Waals surface area contributed by atoms with E-state index in [1.54, 1.807) is 12.3 Å². The Bertz CT molecular complexity index is 1000. The Morgan fingerprint density at radius 1 is 1.32 bits per heavy atom. The largest absolute Gasteiger partial charge is 0.465 e. The first-order chi connectivity index (χ1) is 14.8. The Balaban J connectivity index is 1.49. The van der Waals surface area contributed by atoms with Crippen LogP contribution in [0, 0.1) is 12.3 Å². The van der Waals surface area contributed by atoms with Crippen molar-refractivity contribution in [2.45, 2.75) is 55.0 Å². The SMILES string of the molecule is Cc1nc(N2CCC3(CCCC3NC(=O)O)CC2)c(Br)nc1Sc1ccnc(Cl)c1Cl. The summed E-state index contributed by atoms with van der Waals surface area (Å²) in [6, 6.07) is 1.84. The molecule has 1 spiro atoms. The van der Waals surface area contributed by atoms with Crippen molar-refractivity contribution in [2.75, 3.05) is 18.0 Å². The number of nitrogens with one attached hydrogen (secondary N) is 1. The molecule has 3 heterocycles. The van der Waals surface area contributed by atoms with Crippen LogP contribution in [0.15, 0.2) is 26.8 Å². The second kappa shape index (κ2) is 9.29. The predicted molar refractivity (Wildman–Crippen MR) is 126 cm³/mol. The Labute approximate surface area is 203 Å². The van der Waals surface area contributed by atoms with Crippen LogP contribution < -0.4 is 10.2 Å². The van der Waals surface area contributed by atoms with Gasteiger partial charge in [-0.15, -0.1) is 0 Å². The van der Waals surface area contributed by atoms with E-state index in [9.17, 15) is 9.90 Å². The predicted octanol–water partition coefficient (Wildman–Crippen LogP) is 5.81. The molecular formula is C20H22BrCl2N5O2S. The second-order valence-corrected chi connectivity index (χ2v) is 10.5. The maximum atomic E-state index is 11.2. The van der Waals surface area contributed by atoms with Gasteiger partial charge in [-0.25, -0.2) is 19.7 Å². The minimum Gasteiger partial charge on any atom is -0.465 e. The summed E-state index contributed by atoms with van der Waals surface area (Å²) < 4.78 is 0.680. The molecule has 2 N–H and O–H groups in total. The van der Waals surface area contributed by atoms with E-state index in [4.69, 9.17) is 33.2 Å². The summed E-state index contributed by atoms with van der Waals surface area (Å²) in [5.74, 6) is 0.816. The van der Waals surface area contributed by atoms with Crippen LogP contribution in [-0.2, 0) is 0 Å². The number of hydrogen-bond donors (Lipinski definition) is 2. The summed E-state index contributed by atoms with van der Waals surface area (Å²) >= 11 is 17.3. The molecule has 1 amide bonds. The highest BCUT2D eigenvalue weighted by atomic mass is 79.9. The van der Waals surface area contributed by atoms with Gasteiger partial charge in [0.15, 0.2) is 5.82 Å². The fourth-order valence-electron chi connectivity index (χ4n) is 4.63. The third kappa shape index (κ3) is 4.74. The lowest BCUT2D eigenvalue weighted by Crippen LogP contribution is -2.50. The number of nitrogens with zero attached hydrogens (tertiary/aromatic N) is 4. The normalized spacial score (nSPS) is 20.3. The van der Waals surface area contributed by atoms with Crippen molar-refractivity contribution in [3.8, 4) is 0 Å². The van der Waals surface area contributed by atoms with Crippen LogP contribution in [0.4, 0.5) is 10.6 Å². The number of hydrogen-bond acceptors (Lipinski definition) is 6. The number of piperidine rings is 1. The van der Waals surface area contributed by atoms with Gasteiger partial charge in [0, 0.05) is 30.2 Å². The monoisotopic (exact) mass is 545 g/mol. The van der Waals surface area contributed by atoms with Crippen molar-refractivity contribution < 1.29 is 9.90 Å². The summed E-state index contributed by atoms with van der Waals surface area (Å²) in [5, 5.41) is 13.3. The summed E-state index contributed by atoms with van der Waals surface area (Å²) in [7, 11) is 0. The molecule has 2 aromatic heterocycles. The standard InChI is InChI=1S/C20H22BrCl2N5O2S/c1-11-18(31-12-4-8-24-16(23)14(12)22)27-15(21)17(25-11)28-9-6-20(7-10-28)5-2-3-13(20)26-19(29)30/h4,8,13,26H,2-3,5-7,9-10H2,1H3,(H,29,30). The van der Waals surface area contributed by atoms with E-state index in [0.29, 0.717) is 9.63 Å². The molecule has 4 rings (SSSR count). The van der Waals surface area contributed by atoms with E-state index in [-0.39, 0.29) is 16.6 Å². The van der Waals surface area contributed by atoms with Crippen LogP contribution in [0.2, 0.25) is 10.2 Å². The maximum Gasteiger partial charge on any atom is 0.404 e. The molecule has 1 unspecified atom stereocenters. The van der Waals surface area contributed by atoms with Gasteiger partial charge >= 0.3 is 6.09 Å². The van der Waals surface area contributed by atoms with Crippen LogP contribution in [0.3, 0.4) is 0 Å².